The number of carbonyl (C=O) groups excluding carboxylic acids is 5. The van der Waals surface area contributed by atoms with Crippen LogP contribution in [-0.4, -0.2) is 259 Å². The van der Waals surface area contributed by atoms with Crippen molar-refractivity contribution in [2.45, 2.75) is 154 Å². The minimum atomic E-state index is -2.39. The van der Waals surface area contributed by atoms with Gasteiger partial charge in [0.2, 0.25) is 5.78 Å². The van der Waals surface area contributed by atoms with Gasteiger partial charge in [-0.25, -0.2) is 14.6 Å². The average molecular weight is 1620 g/mol. The smallest absolute Gasteiger partial charge is 0.407 e. The average Bonchev–Trinajstić information content (AvgIpc) is 0.855. The van der Waals surface area contributed by atoms with Gasteiger partial charge in [-0.3, -0.25) is 29.4 Å². The van der Waals surface area contributed by atoms with Crippen molar-refractivity contribution >= 4 is 92.4 Å². The van der Waals surface area contributed by atoms with Crippen LogP contribution in [0.5, 0.6) is 28.7 Å². The second-order valence-corrected chi connectivity index (χ2v) is 30.6. The summed E-state index contributed by atoms with van der Waals surface area (Å²) in [7, 11) is 7.34. The molecule has 114 heavy (non-hydrogen) atoms. The van der Waals surface area contributed by atoms with Gasteiger partial charge in [-0.05, 0) is 105 Å². The molecule has 10 rings (SSSR count). The first-order chi connectivity index (χ1) is 55.2. The van der Waals surface area contributed by atoms with Gasteiger partial charge >= 0.3 is 12.2 Å². The molecule has 2 unspecified atom stereocenters. The summed E-state index contributed by atoms with van der Waals surface area (Å²) < 4.78 is 74.5. The molecule has 4 aliphatic heterocycles. The second kappa shape index (κ2) is 43.0. The lowest BCUT2D eigenvalue weighted by atomic mass is 9.72. The summed E-state index contributed by atoms with van der Waals surface area (Å²) in [5.41, 5.74) is 7.99. The number of H-pyrrole nitrogens is 1. The SMILES string of the molecule is CCCCC1=C(C)C2=NC1Cc1[nH]c(c(CC)c1CC)C=C1N=C(C=Nc3cc(OCCOCCOCCOC)c(OCCOCCOCCOC)cc3N=C2)C(C)=C1CCCNC(=O)OCCSSCCOC(=O)N[C@H]1C[C@@H](OC2C[C@](O)(C(=O)CO)Cc3c(O)c4c(c(O)c32)C(=O)c2c(OC)cccc2C4=O)O[C@@H](C)[C@H]1O. The van der Waals surface area contributed by atoms with E-state index in [1.54, 1.807) is 20.4 Å². The number of unbranched alkanes of at least 4 members (excludes halogenated alkanes) is 1. The van der Waals surface area contributed by atoms with Crippen molar-refractivity contribution in [2.24, 2.45) is 20.0 Å². The molecule has 1 fully saturated rings. The first-order valence-corrected chi connectivity index (χ1v) is 41.3. The number of aromatic hydroxyl groups is 2. The maximum atomic E-state index is 14.2. The Kier molecular flexibility index (Phi) is 33.2. The minimum Gasteiger partial charge on any atom is -0.507 e. The highest BCUT2D eigenvalue weighted by molar-refractivity contribution is 8.76. The summed E-state index contributed by atoms with van der Waals surface area (Å²) in [6.07, 6.45) is 4.06. The van der Waals surface area contributed by atoms with Gasteiger partial charge in [-0.2, -0.15) is 0 Å². The lowest BCUT2D eigenvalue weighted by molar-refractivity contribution is -0.249. The molecule has 1 saturated heterocycles. The van der Waals surface area contributed by atoms with Gasteiger partial charge < -0.3 is 103 Å². The van der Waals surface area contributed by atoms with Crippen LogP contribution >= 0.6 is 21.6 Å². The van der Waals surface area contributed by atoms with E-state index in [0.29, 0.717) is 119 Å². The van der Waals surface area contributed by atoms with Gasteiger partial charge in [-0.1, -0.05) is 60.9 Å². The van der Waals surface area contributed by atoms with Crippen LogP contribution in [-0.2, 0) is 77.8 Å². The number of phenolic OH excluding ortho intramolecular Hbond substituents is 2. The summed E-state index contributed by atoms with van der Waals surface area (Å²) in [6, 6.07) is 6.80. The molecule has 6 bridgehead atoms. The number of aromatic amines is 1. The highest BCUT2D eigenvalue weighted by atomic mass is 33.1. The Labute approximate surface area is 671 Å². The molecule has 8 N–H and O–H groups in total. The number of aliphatic hydroxyl groups is 3. The predicted molar refractivity (Wildman–Crippen MR) is 431 cm³/mol. The number of aliphatic hydroxyl groups excluding tert-OH is 2. The lowest BCUT2D eigenvalue weighted by Crippen LogP contribution is -2.56. The monoisotopic (exact) mass is 1620 g/mol. The van der Waals surface area contributed by atoms with E-state index < -0.39 is 108 Å². The van der Waals surface area contributed by atoms with Crippen molar-refractivity contribution in [3.63, 3.8) is 0 Å². The molecular weight excluding hydrogens is 1520 g/mol. The van der Waals surface area contributed by atoms with Gasteiger partial charge in [0.25, 0.3) is 0 Å². The third kappa shape index (κ3) is 21.8. The van der Waals surface area contributed by atoms with E-state index in [1.807, 2.05) is 25.3 Å². The van der Waals surface area contributed by atoms with E-state index in [1.165, 1.54) is 70.5 Å². The van der Waals surface area contributed by atoms with Crippen LogP contribution in [0.15, 0.2) is 78.3 Å². The molecule has 6 aliphatic rings. The minimum absolute atomic E-state index is 0.0417. The number of rotatable bonds is 42. The first-order valence-electron chi connectivity index (χ1n) is 38.8. The van der Waals surface area contributed by atoms with E-state index in [4.69, 9.17) is 81.5 Å². The number of nitrogens with one attached hydrogen (secondary N) is 3. The van der Waals surface area contributed by atoms with Crippen molar-refractivity contribution in [1.29, 1.82) is 0 Å². The molecule has 0 spiro atoms. The molecule has 7 atom stereocenters. The zero-order chi connectivity index (χ0) is 81.4. The zero-order valence-corrected chi connectivity index (χ0v) is 67.9. The number of methoxy groups -OCH3 is 3. The van der Waals surface area contributed by atoms with E-state index in [0.717, 1.165) is 71.6 Å². The zero-order valence-electron chi connectivity index (χ0n) is 66.3. The molecule has 4 aromatic rings. The number of aliphatic imine (C=N–C) groups is 4. The van der Waals surface area contributed by atoms with Crippen LogP contribution in [0.2, 0.25) is 0 Å². The Morgan fingerprint density at radius 3 is 1.95 bits per heavy atom. The van der Waals surface area contributed by atoms with Crippen LogP contribution in [0.25, 0.3) is 6.08 Å². The number of allylic oxidation sites excluding steroid dienone is 3. The van der Waals surface area contributed by atoms with Gasteiger partial charge in [-0.15, -0.1) is 0 Å². The van der Waals surface area contributed by atoms with Gasteiger partial charge in [0.15, 0.2) is 29.4 Å². The number of ether oxygens (including phenoxy) is 13. The van der Waals surface area contributed by atoms with Crippen molar-refractivity contribution in [3.05, 3.63) is 114 Å². The van der Waals surface area contributed by atoms with Gasteiger partial charge in [0.1, 0.15) is 62.0 Å². The number of benzene rings is 3. The van der Waals surface area contributed by atoms with Gasteiger partial charge in [0.05, 0.1) is 155 Å². The summed E-state index contributed by atoms with van der Waals surface area (Å²) in [4.78, 5) is 92.5. The maximum absolute atomic E-state index is 14.2. The Morgan fingerprint density at radius 1 is 0.719 bits per heavy atom. The molecule has 0 saturated carbocycles. The number of nitrogens with zero attached hydrogens (tertiary/aromatic N) is 4. The predicted octanol–water partition coefficient (Wildman–Crippen LogP) is 10.0. The molecule has 5 heterocycles. The number of amides is 2. The van der Waals surface area contributed by atoms with Crippen molar-refractivity contribution in [2.75, 3.05) is 138 Å². The largest absolute Gasteiger partial charge is 0.507 e. The summed E-state index contributed by atoms with van der Waals surface area (Å²) >= 11 is 0. The molecule has 2 amide bonds. The molecular formula is C82H107N7O23S2. The first kappa shape index (κ1) is 88.0. The van der Waals surface area contributed by atoms with Crippen molar-refractivity contribution in [3.8, 4) is 28.7 Å². The molecule has 0 radical (unpaired) electrons. The quantitative estimate of drug-likeness (QED) is 0.0102. The fourth-order valence-electron chi connectivity index (χ4n) is 14.7. The van der Waals surface area contributed by atoms with Crippen LogP contribution in [0, 0.1) is 0 Å². The van der Waals surface area contributed by atoms with Crippen LogP contribution in [0.3, 0.4) is 0 Å². The fraction of sp³-hybridized carbons (Fsp3) is 0.549. The summed E-state index contributed by atoms with van der Waals surface area (Å²) in [6.45, 7) is 16.0. The second-order valence-electron chi connectivity index (χ2n) is 27.9. The third-order valence-electron chi connectivity index (χ3n) is 20.6. The molecule has 32 heteroatoms. The number of aromatic nitrogens is 1. The highest BCUT2D eigenvalue weighted by Crippen LogP contribution is 2.53. The Hall–Kier alpha value is -8.35. The lowest BCUT2D eigenvalue weighted by Gasteiger charge is -2.42. The topological polar surface area (TPSA) is 396 Å². The van der Waals surface area contributed by atoms with Crippen LogP contribution in [0.1, 0.15) is 158 Å². The standard InChI is InChI=1S/C82H107N7O23S2/c1-10-13-16-52-47(4)63-44-84-60-39-66(107-31-29-105-27-25-103-23-21-100-7)67(108-32-30-106-28-26-104-24-22-101-8)40-61(60)85-45-64-48(5)53(59(88-64)38-57-51(12-3)50(11-2)56(86-57)37-58(52)87-63)18-15-20-83-80(97)109-33-35-113-114-36-34-110-81(98)89-62-41-70(111-49(6)75(62)92)112-68-43-82(99,69(91)46-90)42-55-72(68)79(96)74-73(77(55)94)76(93)54-17-14-19-65(102-9)71(54)78(74)95/h14,17,19,38-40,44-45,49,58,62,68,70,75,86,90,92,94,96,99H,10-13,15-16,18,20-37,41-43,46H2,1-9H3,(H,83,97)(H,89,98)/t49-,58?,62-,68?,70+,75+,82-/m0/s1. The number of ketones is 3. The van der Waals surface area contributed by atoms with Crippen molar-refractivity contribution < 1.29 is 111 Å². The molecule has 1 aromatic heterocycles. The Morgan fingerprint density at radius 2 is 1.33 bits per heavy atom. The summed E-state index contributed by atoms with van der Waals surface area (Å²) in [5.74, 6) is -2.58. The van der Waals surface area contributed by atoms with E-state index >= 15 is 0 Å². The van der Waals surface area contributed by atoms with Crippen LogP contribution in [0.4, 0.5) is 21.0 Å². The molecule has 2 aliphatic carbocycles. The highest BCUT2D eigenvalue weighted by Gasteiger charge is 2.51. The maximum Gasteiger partial charge on any atom is 0.407 e. The molecule has 30 nitrogen and oxygen atoms in total. The van der Waals surface area contributed by atoms with Crippen molar-refractivity contribution in [1.82, 2.24) is 15.6 Å². The van der Waals surface area contributed by atoms with Gasteiger partial charge in [0, 0.05) is 98.2 Å². The van der Waals surface area contributed by atoms with Crippen LogP contribution < -0.4 is 24.8 Å². The Bertz CT molecular complexity index is 4300. The molecule has 3 aromatic carbocycles. The number of hydrogen-bond donors (Lipinski definition) is 8. The van der Waals surface area contributed by atoms with E-state index in [2.05, 4.69) is 49.4 Å². The molecule has 620 valence electrons. The normalized spacial score (nSPS) is 20.3. The number of fused-ring (bicyclic) bond motifs is 8. The third-order valence-corrected chi connectivity index (χ3v) is 22.9. The number of Topliss-reactive ketones (excluding diaryl/α,β-unsaturated/α-hetero) is 1. The number of phenols is 2. The van der Waals surface area contributed by atoms with E-state index in [9.17, 15) is 49.5 Å². The Balaban J connectivity index is 0.747. The number of alkyl carbamates (subject to hydrolysis) is 2. The summed E-state index contributed by atoms with van der Waals surface area (Å²) in [5, 5.41) is 62.1. The number of hydrogen-bond acceptors (Lipinski definition) is 29. The fourth-order valence-corrected chi connectivity index (χ4v) is 16.3. The number of carbonyl (C=O) groups is 5. The van der Waals surface area contributed by atoms with E-state index in [-0.39, 0.29) is 80.1 Å².